The molecule has 0 fully saturated rings. The Kier molecular flexibility index (Phi) is 4.73. The summed E-state index contributed by atoms with van der Waals surface area (Å²) in [5.74, 6) is -3.82. The fourth-order valence-electron chi connectivity index (χ4n) is 4.15. The monoisotopic (exact) mass is 384 g/mol. The van der Waals surface area contributed by atoms with E-state index in [0.29, 0.717) is 5.57 Å². The Morgan fingerprint density at radius 1 is 0.964 bits per heavy atom. The van der Waals surface area contributed by atoms with Crippen LogP contribution < -0.4 is 0 Å². The van der Waals surface area contributed by atoms with Crippen molar-refractivity contribution in [2.45, 2.75) is 58.3 Å². The minimum Gasteiger partial charge on any atom is -0.477 e. The molecule has 0 radical (unpaired) electrons. The number of carbonyl (C=O) groups is 1. The molecule has 0 bridgehead atoms. The molecule has 0 unspecified atom stereocenters. The predicted octanol–water partition coefficient (Wildman–Crippen LogP) is 6.38. The standard InChI is InChI=1S/C24H26F2O2/c1-13-9-17-18(24(5,6)8-7-23(17,3)4)12-16(13)14(2)15-10-19(25)21(22(27)28)20(26)11-15/h9-12H,2,7-8H2,1,3-6H3,(H,27,28). The third kappa shape index (κ3) is 3.25. The number of fused-ring (bicyclic) bond motifs is 1. The summed E-state index contributed by atoms with van der Waals surface area (Å²) in [7, 11) is 0. The molecular weight excluding hydrogens is 358 g/mol. The number of carboxylic acid groups (broad SMARTS) is 1. The van der Waals surface area contributed by atoms with Gasteiger partial charge in [-0.1, -0.05) is 46.4 Å². The summed E-state index contributed by atoms with van der Waals surface area (Å²) in [6.07, 6.45) is 2.15. The third-order valence-electron chi connectivity index (χ3n) is 6.13. The topological polar surface area (TPSA) is 37.3 Å². The maximum Gasteiger partial charge on any atom is 0.341 e. The Hall–Kier alpha value is -2.49. The van der Waals surface area contributed by atoms with Gasteiger partial charge in [-0.05, 0) is 76.1 Å². The highest BCUT2D eigenvalue weighted by Gasteiger charge is 2.37. The van der Waals surface area contributed by atoms with Crippen LogP contribution in [0.5, 0.6) is 0 Å². The van der Waals surface area contributed by atoms with Crippen molar-refractivity contribution in [1.82, 2.24) is 0 Å². The molecule has 4 heteroatoms. The van der Waals surface area contributed by atoms with Crippen molar-refractivity contribution in [1.29, 1.82) is 0 Å². The number of aromatic carboxylic acids is 1. The first-order chi connectivity index (χ1) is 12.8. The van der Waals surface area contributed by atoms with Gasteiger partial charge in [0, 0.05) is 0 Å². The first-order valence-corrected chi connectivity index (χ1v) is 9.43. The summed E-state index contributed by atoms with van der Waals surface area (Å²) in [5.41, 5.74) is 4.19. The van der Waals surface area contributed by atoms with E-state index in [4.69, 9.17) is 5.11 Å². The second-order valence-corrected chi connectivity index (χ2v) is 9.08. The lowest BCUT2D eigenvalue weighted by atomic mass is 9.62. The summed E-state index contributed by atoms with van der Waals surface area (Å²) >= 11 is 0. The van der Waals surface area contributed by atoms with Crippen molar-refractivity contribution in [2.24, 2.45) is 0 Å². The Labute approximate surface area is 164 Å². The zero-order valence-corrected chi connectivity index (χ0v) is 17.0. The molecule has 2 aromatic rings. The zero-order valence-electron chi connectivity index (χ0n) is 17.0. The van der Waals surface area contributed by atoms with Gasteiger partial charge in [0.25, 0.3) is 0 Å². The van der Waals surface area contributed by atoms with Gasteiger partial charge in [-0.2, -0.15) is 0 Å². The average molecular weight is 384 g/mol. The van der Waals surface area contributed by atoms with Gasteiger partial charge in [-0.15, -0.1) is 0 Å². The molecular formula is C24H26F2O2. The van der Waals surface area contributed by atoms with Crippen molar-refractivity contribution in [3.63, 3.8) is 0 Å². The van der Waals surface area contributed by atoms with Crippen molar-refractivity contribution in [3.8, 4) is 0 Å². The molecule has 1 N–H and O–H groups in total. The van der Waals surface area contributed by atoms with Gasteiger partial charge in [0.2, 0.25) is 0 Å². The fraction of sp³-hybridized carbons (Fsp3) is 0.375. The molecule has 0 atom stereocenters. The molecule has 0 spiro atoms. The largest absolute Gasteiger partial charge is 0.477 e. The van der Waals surface area contributed by atoms with E-state index in [9.17, 15) is 13.6 Å². The zero-order chi connectivity index (χ0) is 21.0. The number of carboxylic acids is 1. The van der Waals surface area contributed by atoms with Crippen molar-refractivity contribution in [2.75, 3.05) is 0 Å². The maximum absolute atomic E-state index is 14.2. The average Bonchev–Trinajstić information content (AvgIpc) is 2.57. The second-order valence-electron chi connectivity index (χ2n) is 9.08. The van der Waals surface area contributed by atoms with Gasteiger partial charge in [-0.3, -0.25) is 0 Å². The normalized spacial score (nSPS) is 17.1. The van der Waals surface area contributed by atoms with E-state index >= 15 is 0 Å². The Morgan fingerprint density at radius 2 is 1.43 bits per heavy atom. The highest BCUT2D eigenvalue weighted by atomic mass is 19.1. The molecule has 0 amide bonds. The minimum atomic E-state index is -1.62. The number of benzene rings is 2. The van der Waals surface area contributed by atoms with Crippen LogP contribution in [0.15, 0.2) is 30.8 Å². The van der Waals surface area contributed by atoms with Crippen LogP contribution in [0.25, 0.3) is 5.57 Å². The van der Waals surface area contributed by atoms with Gasteiger partial charge in [0.15, 0.2) is 0 Å². The van der Waals surface area contributed by atoms with Gasteiger partial charge in [-0.25, -0.2) is 13.6 Å². The molecule has 148 valence electrons. The molecule has 28 heavy (non-hydrogen) atoms. The minimum absolute atomic E-state index is 0.00273. The summed E-state index contributed by atoms with van der Waals surface area (Å²) in [4.78, 5) is 11.0. The Bertz CT molecular complexity index is 977. The van der Waals surface area contributed by atoms with E-state index in [0.717, 1.165) is 36.1 Å². The van der Waals surface area contributed by atoms with Crippen LogP contribution in [-0.4, -0.2) is 11.1 Å². The molecule has 0 heterocycles. The first kappa shape index (κ1) is 20.2. The van der Waals surface area contributed by atoms with E-state index in [-0.39, 0.29) is 16.4 Å². The molecule has 0 aromatic heterocycles. The summed E-state index contributed by atoms with van der Waals surface area (Å²) in [5, 5.41) is 8.97. The van der Waals surface area contributed by atoms with Crippen LogP contribution >= 0.6 is 0 Å². The number of hydrogen-bond acceptors (Lipinski definition) is 1. The Balaban J connectivity index is 2.15. The maximum atomic E-state index is 14.2. The van der Waals surface area contributed by atoms with Crippen LogP contribution in [0, 0.1) is 18.6 Å². The molecule has 1 aliphatic rings. The van der Waals surface area contributed by atoms with E-state index in [1.165, 1.54) is 11.1 Å². The van der Waals surface area contributed by atoms with Gasteiger partial charge in [0.1, 0.15) is 17.2 Å². The van der Waals surface area contributed by atoms with Crippen molar-refractivity contribution >= 4 is 11.5 Å². The quantitative estimate of drug-likeness (QED) is 0.666. The van der Waals surface area contributed by atoms with Crippen LogP contribution in [0.1, 0.15) is 78.7 Å². The fourth-order valence-corrected chi connectivity index (χ4v) is 4.15. The van der Waals surface area contributed by atoms with Crippen LogP contribution in [0.3, 0.4) is 0 Å². The molecule has 1 aliphatic carbocycles. The second kappa shape index (κ2) is 6.54. The van der Waals surface area contributed by atoms with Crippen molar-refractivity contribution in [3.05, 3.63) is 75.9 Å². The lowest BCUT2D eigenvalue weighted by Gasteiger charge is -2.42. The van der Waals surface area contributed by atoms with E-state index in [2.05, 4.69) is 46.4 Å². The lowest BCUT2D eigenvalue weighted by molar-refractivity contribution is 0.0686. The van der Waals surface area contributed by atoms with E-state index in [1.54, 1.807) is 0 Å². The smallest absolute Gasteiger partial charge is 0.341 e. The summed E-state index contributed by atoms with van der Waals surface area (Å²) < 4.78 is 28.3. The third-order valence-corrected chi connectivity index (χ3v) is 6.13. The molecule has 2 aromatic carbocycles. The lowest BCUT2D eigenvalue weighted by Crippen LogP contribution is -2.34. The Morgan fingerprint density at radius 3 is 1.89 bits per heavy atom. The van der Waals surface area contributed by atoms with Crippen LogP contribution in [0.2, 0.25) is 0 Å². The highest BCUT2D eigenvalue weighted by Crippen LogP contribution is 2.47. The van der Waals surface area contributed by atoms with Crippen LogP contribution in [0.4, 0.5) is 8.78 Å². The molecule has 2 nitrogen and oxygen atoms in total. The van der Waals surface area contributed by atoms with Crippen LogP contribution in [-0.2, 0) is 10.8 Å². The van der Waals surface area contributed by atoms with Gasteiger partial charge in [0.05, 0.1) is 0 Å². The molecule has 0 saturated heterocycles. The number of hydrogen-bond donors (Lipinski definition) is 1. The predicted molar refractivity (Wildman–Crippen MR) is 108 cm³/mol. The number of aryl methyl sites for hydroxylation is 1. The summed E-state index contributed by atoms with van der Waals surface area (Å²) in [6.45, 7) is 14.9. The van der Waals surface area contributed by atoms with Gasteiger partial charge < -0.3 is 5.11 Å². The van der Waals surface area contributed by atoms with Gasteiger partial charge >= 0.3 is 5.97 Å². The molecule has 0 saturated carbocycles. The van der Waals surface area contributed by atoms with E-state index < -0.39 is 23.2 Å². The molecule has 3 rings (SSSR count). The summed E-state index contributed by atoms with van der Waals surface area (Å²) in [6, 6.07) is 6.34. The van der Waals surface area contributed by atoms with Crippen molar-refractivity contribution < 1.29 is 18.7 Å². The van der Waals surface area contributed by atoms with E-state index in [1.807, 2.05) is 6.92 Å². The SMILES string of the molecule is C=C(c1cc(F)c(C(=O)O)c(F)c1)c1cc2c(cc1C)C(C)(C)CCC2(C)C. The molecule has 0 aliphatic heterocycles. The highest BCUT2D eigenvalue weighted by molar-refractivity contribution is 5.89. The number of halogens is 2. The first-order valence-electron chi connectivity index (χ1n) is 9.43. The number of rotatable bonds is 3.